The molecule has 146 valence electrons. The number of nitrogens with two attached hydrogens (primary N) is 1. The number of hydrogen-bond donors (Lipinski definition) is 6. The van der Waals surface area contributed by atoms with Crippen LogP contribution in [0.2, 0.25) is 0 Å². The summed E-state index contributed by atoms with van der Waals surface area (Å²) in [6.45, 7) is 7.56. The maximum absolute atomic E-state index is 12.2. The van der Waals surface area contributed by atoms with Crippen molar-refractivity contribution < 1.29 is 9.53 Å². The number of anilines is 1. The molecule has 1 aromatic rings. The van der Waals surface area contributed by atoms with Gasteiger partial charge in [0.2, 0.25) is 0 Å². The highest BCUT2D eigenvalue weighted by Crippen LogP contribution is 2.16. The molecule has 1 aliphatic heterocycles. The zero-order valence-electron chi connectivity index (χ0n) is 15.8. The summed E-state index contributed by atoms with van der Waals surface area (Å²) in [4.78, 5) is 12.2. The smallest absolute Gasteiger partial charge is 0.321 e. The Bertz CT molecular complexity index is 551. The zero-order chi connectivity index (χ0) is 18.9. The highest BCUT2D eigenvalue weighted by atomic mass is 16.5. The van der Waals surface area contributed by atoms with Gasteiger partial charge in [0.15, 0.2) is 0 Å². The van der Waals surface area contributed by atoms with E-state index >= 15 is 0 Å². The molecule has 2 rings (SSSR count). The van der Waals surface area contributed by atoms with E-state index in [4.69, 9.17) is 10.5 Å². The molecule has 0 radical (unpaired) electrons. The molecular weight excluding hydrogens is 332 g/mol. The molecule has 3 atom stereocenters. The van der Waals surface area contributed by atoms with Gasteiger partial charge in [-0.15, -0.1) is 0 Å². The molecule has 0 aromatic heterocycles. The molecule has 8 heteroatoms. The Morgan fingerprint density at radius 1 is 1.31 bits per heavy atom. The molecule has 0 bridgehead atoms. The van der Waals surface area contributed by atoms with Crippen molar-refractivity contribution in [2.45, 2.75) is 58.2 Å². The Hall–Kier alpha value is -1.87. The molecule has 1 fully saturated rings. The van der Waals surface area contributed by atoms with Crippen molar-refractivity contribution in [3.05, 3.63) is 24.3 Å². The summed E-state index contributed by atoms with van der Waals surface area (Å²) in [5, 5.41) is 15.8. The van der Waals surface area contributed by atoms with Gasteiger partial charge in [-0.3, -0.25) is 10.6 Å². The normalized spacial score (nSPS) is 22.9. The molecule has 0 saturated carbocycles. The van der Waals surface area contributed by atoms with Crippen LogP contribution < -0.4 is 37.1 Å². The average Bonchev–Trinajstić information content (AvgIpc) is 2.56. The summed E-state index contributed by atoms with van der Waals surface area (Å²) in [5.74, 6) is 0.779. The Balaban J connectivity index is 1.80. The second kappa shape index (κ2) is 10.3. The third kappa shape index (κ3) is 7.17. The van der Waals surface area contributed by atoms with E-state index in [1.807, 2.05) is 38.1 Å². The van der Waals surface area contributed by atoms with E-state index in [0.29, 0.717) is 12.2 Å². The van der Waals surface area contributed by atoms with Crippen LogP contribution in [0.3, 0.4) is 0 Å². The Morgan fingerprint density at radius 2 is 2.04 bits per heavy atom. The molecule has 8 nitrogen and oxygen atoms in total. The van der Waals surface area contributed by atoms with Crippen LogP contribution in [0.1, 0.15) is 33.6 Å². The minimum Gasteiger partial charge on any atom is -0.491 e. The second-order valence-corrected chi connectivity index (χ2v) is 6.84. The van der Waals surface area contributed by atoms with Crippen molar-refractivity contribution >= 4 is 11.7 Å². The van der Waals surface area contributed by atoms with Crippen molar-refractivity contribution in [3.63, 3.8) is 0 Å². The summed E-state index contributed by atoms with van der Waals surface area (Å²) >= 11 is 0. The number of amides is 2. The highest BCUT2D eigenvalue weighted by molar-refractivity contribution is 5.89. The average molecular weight is 364 g/mol. The lowest BCUT2D eigenvalue weighted by atomic mass is 10.1. The summed E-state index contributed by atoms with van der Waals surface area (Å²) in [5.41, 5.74) is 6.23. The van der Waals surface area contributed by atoms with Crippen molar-refractivity contribution in [3.8, 4) is 5.75 Å². The van der Waals surface area contributed by atoms with Crippen molar-refractivity contribution in [1.29, 1.82) is 0 Å². The van der Waals surface area contributed by atoms with Crippen molar-refractivity contribution in [1.82, 2.24) is 21.3 Å². The Labute approximate surface area is 155 Å². The topological polar surface area (TPSA) is 112 Å². The predicted molar refractivity (Wildman–Crippen MR) is 104 cm³/mol. The summed E-state index contributed by atoms with van der Waals surface area (Å²) in [6, 6.07) is 7.32. The third-order valence-electron chi connectivity index (χ3n) is 3.94. The van der Waals surface area contributed by atoms with E-state index < -0.39 is 0 Å². The monoisotopic (exact) mass is 364 g/mol. The van der Waals surface area contributed by atoms with Gasteiger partial charge < -0.3 is 26.4 Å². The number of carbonyl (C=O) groups excluding carboxylic acids is 1. The van der Waals surface area contributed by atoms with Gasteiger partial charge in [0.1, 0.15) is 12.0 Å². The van der Waals surface area contributed by atoms with E-state index in [-0.39, 0.29) is 30.6 Å². The first kappa shape index (κ1) is 20.4. The number of nitrogens with one attached hydrogen (secondary N) is 5. The molecule has 0 aliphatic carbocycles. The van der Waals surface area contributed by atoms with Gasteiger partial charge in [-0.2, -0.15) is 0 Å². The zero-order valence-corrected chi connectivity index (χ0v) is 15.8. The van der Waals surface area contributed by atoms with Crippen LogP contribution in [-0.4, -0.2) is 43.7 Å². The first-order valence-electron chi connectivity index (χ1n) is 9.26. The van der Waals surface area contributed by atoms with Crippen LogP contribution in [0.5, 0.6) is 5.75 Å². The number of urea groups is 1. The fraction of sp³-hybridized carbons (Fsp3) is 0.611. The number of benzene rings is 1. The fourth-order valence-corrected chi connectivity index (χ4v) is 2.81. The van der Waals surface area contributed by atoms with Crippen molar-refractivity contribution in [2.75, 3.05) is 18.4 Å². The minimum absolute atomic E-state index is 0.119. The third-order valence-corrected chi connectivity index (χ3v) is 3.94. The van der Waals surface area contributed by atoms with Gasteiger partial charge in [-0.25, -0.2) is 4.79 Å². The lowest BCUT2D eigenvalue weighted by molar-refractivity contribution is 0.193. The number of hydrogen-bond acceptors (Lipinski definition) is 6. The Morgan fingerprint density at radius 3 is 2.69 bits per heavy atom. The molecule has 1 heterocycles. The molecule has 7 N–H and O–H groups in total. The predicted octanol–water partition coefficient (Wildman–Crippen LogP) is 1.11. The van der Waals surface area contributed by atoms with Crippen LogP contribution in [0.15, 0.2) is 24.3 Å². The molecule has 1 aromatic carbocycles. The number of carbonyl (C=O) groups is 1. The van der Waals surface area contributed by atoms with E-state index in [0.717, 1.165) is 25.1 Å². The first-order valence-corrected chi connectivity index (χ1v) is 9.26. The second-order valence-electron chi connectivity index (χ2n) is 6.84. The van der Waals surface area contributed by atoms with Crippen LogP contribution in [0.25, 0.3) is 0 Å². The van der Waals surface area contributed by atoms with Gasteiger partial charge >= 0.3 is 6.03 Å². The fourth-order valence-electron chi connectivity index (χ4n) is 2.81. The van der Waals surface area contributed by atoms with Crippen LogP contribution in [0, 0.1) is 0 Å². The summed E-state index contributed by atoms with van der Waals surface area (Å²) in [6.07, 6.45) is 1.80. The van der Waals surface area contributed by atoms with Gasteiger partial charge in [0, 0.05) is 11.7 Å². The SMILES string of the molecule is CC1CC(NCCCN)NC(NC(=O)Nc2ccc(OC(C)C)cc2)N1. The molecule has 0 spiro atoms. The van der Waals surface area contributed by atoms with Crippen LogP contribution in [0.4, 0.5) is 10.5 Å². The van der Waals surface area contributed by atoms with E-state index in [9.17, 15) is 4.79 Å². The largest absolute Gasteiger partial charge is 0.491 e. The molecule has 2 amide bonds. The van der Waals surface area contributed by atoms with Gasteiger partial charge in [0.25, 0.3) is 0 Å². The lowest BCUT2D eigenvalue weighted by Gasteiger charge is -2.36. The number of rotatable bonds is 8. The molecule has 3 unspecified atom stereocenters. The van der Waals surface area contributed by atoms with Gasteiger partial charge in [-0.1, -0.05) is 0 Å². The molecular formula is C18H32N6O2. The van der Waals surface area contributed by atoms with E-state index in [1.54, 1.807) is 0 Å². The van der Waals surface area contributed by atoms with Crippen LogP contribution in [-0.2, 0) is 0 Å². The minimum atomic E-state index is -0.308. The quantitative estimate of drug-likeness (QED) is 0.386. The lowest BCUT2D eigenvalue weighted by Crippen LogP contribution is -2.67. The van der Waals surface area contributed by atoms with Gasteiger partial charge in [0.05, 0.1) is 12.3 Å². The molecule has 1 aliphatic rings. The summed E-state index contributed by atoms with van der Waals surface area (Å²) < 4.78 is 5.60. The summed E-state index contributed by atoms with van der Waals surface area (Å²) in [7, 11) is 0. The van der Waals surface area contributed by atoms with Crippen LogP contribution >= 0.6 is 0 Å². The maximum atomic E-state index is 12.2. The number of ether oxygens (including phenoxy) is 1. The molecule has 1 saturated heterocycles. The maximum Gasteiger partial charge on any atom is 0.321 e. The molecule has 26 heavy (non-hydrogen) atoms. The Kier molecular flexibility index (Phi) is 8.11. The van der Waals surface area contributed by atoms with E-state index in [2.05, 4.69) is 33.5 Å². The first-order chi connectivity index (χ1) is 12.5. The highest BCUT2D eigenvalue weighted by Gasteiger charge is 2.25. The standard InChI is InChI=1S/C18H32N6O2/c1-12(2)26-15-7-5-14(6-8-15)22-18(25)24-17-21-13(3)11-16(23-17)20-10-4-9-19/h5-8,12-13,16-17,20-21,23H,4,9-11,19H2,1-3H3,(H2,22,24,25). The van der Waals surface area contributed by atoms with Crippen molar-refractivity contribution in [2.24, 2.45) is 5.73 Å². The van der Waals surface area contributed by atoms with E-state index in [1.165, 1.54) is 0 Å². The van der Waals surface area contributed by atoms with Gasteiger partial charge in [-0.05, 0) is 71.0 Å².